The van der Waals surface area contributed by atoms with Gasteiger partial charge in [0.15, 0.2) is 11.2 Å². The number of halogens is 3. The summed E-state index contributed by atoms with van der Waals surface area (Å²) in [6, 6.07) is 12.8. The molecular formula is C38H37F3O8S. The summed E-state index contributed by atoms with van der Waals surface area (Å²) in [7, 11) is 0. The molecule has 1 atom stereocenters. The summed E-state index contributed by atoms with van der Waals surface area (Å²) in [6.45, 7) is 3.79. The third kappa shape index (κ3) is 9.66. The van der Waals surface area contributed by atoms with Gasteiger partial charge in [-0.05, 0) is 80.6 Å². The number of aromatic hydroxyl groups is 1. The Morgan fingerprint density at radius 2 is 1.72 bits per heavy atom. The number of Topliss-reactive ketones (excluding diaryl/α,β-unsaturated/α-hetero) is 1. The minimum atomic E-state index is -4.63. The third-order valence-corrected chi connectivity index (χ3v) is 8.99. The van der Waals surface area contributed by atoms with Crippen LogP contribution < -0.4 is 10.2 Å². The number of alkyl halides is 3. The first-order chi connectivity index (χ1) is 23.7. The largest absolute Gasteiger partial charge is 0.507 e. The molecule has 0 aliphatic carbocycles. The number of rotatable bonds is 16. The highest BCUT2D eigenvalue weighted by Crippen LogP contribution is 2.44. The van der Waals surface area contributed by atoms with Crippen molar-refractivity contribution in [1.82, 2.24) is 0 Å². The zero-order valence-electron chi connectivity index (χ0n) is 27.5. The fourth-order valence-electron chi connectivity index (χ4n) is 5.21. The molecule has 1 aromatic heterocycles. The highest BCUT2D eigenvalue weighted by molar-refractivity contribution is 8.00. The molecule has 0 spiro atoms. The van der Waals surface area contributed by atoms with Gasteiger partial charge >= 0.3 is 12.1 Å². The Balaban J connectivity index is 1.42. The Labute approximate surface area is 290 Å². The number of phenols is 1. The SMILES string of the molecule is CCCc1c(OCCCCC=CC=CC[C@@](O)(Sc2ccc3c(=O)cc(C(=O)O)oc3c2)c2cccc(C(F)(F)F)c2)ccc(C(C)=O)c1O. The molecule has 0 radical (unpaired) electrons. The second-order valence-corrected chi connectivity index (χ2v) is 12.9. The highest BCUT2D eigenvalue weighted by Gasteiger charge is 2.35. The maximum absolute atomic E-state index is 13.6. The van der Waals surface area contributed by atoms with Crippen LogP contribution in [0.4, 0.5) is 13.2 Å². The average Bonchev–Trinajstić information content (AvgIpc) is 3.06. The Morgan fingerprint density at radius 3 is 2.42 bits per heavy atom. The van der Waals surface area contributed by atoms with E-state index in [1.807, 2.05) is 13.0 Å². The van der Waals surface area contributed by atoms with Crippen molar-refractivity contribution < 1.29 is 47.2 Å². The van der Waals surface area contributed by atoms with E-state index < -0.39 is 33.8 Å². The lowest BCUT2D eigenvalue weighted by molar-refractivity contribution is -0.137. The van der Waals surface area contributed by atoms with Crippen molar-refractivity contribution in [2.24, 2.45) is 0 Å². The van der Waals surface area contributed by atoms with Crippen LogP contribution in [0.5, 0.6) is 11.5 Å². The molecule has 12 heteroatoms. The van der Waals surface area contributed by atoms with Crippen LogP contribution in [0.2, 0.25) is 0 Å². The van der Waals surface area contributed by atoms with Crippen LogP contribution >= 0.6 is 11.8 Å². The molecule has 0 saturated carbocycles. The number of aliphatic hydroxyl groups is 1. The number of carboxylic acid groups (broad SMARTS) is 1. The molecule has 0 bridgehead atoms. The Morgan fingerprint density at radius 1 is 0.980 bits per heavy atom. The molecule has 0 unspecified atom stereocenters. The first-order valence-corrected chi connectivity index (χ1v) is 16.8. The molecule has 0 aliphatic rings. The molecule has 264 valence electrons. The number of allylic oxidation sites excluding steroid dienone is 3. The van der Waals surface area contributed by atoms with E-state index in [0.29, 0.717) is 35.7 Å². The number of ketones is 1. The fraction of sp³-hybridized carbons (Fsp3) is 0.289. The van der Waals surface area contributed by atoms with Crippen LogP contribution in [0.3, 0.4) is 0 Å². The Hall–Kier alpha value is -4.81. The Bertz CT molecular complexity index is 1960. The molecule has 4 aromatic rings. The molecule has 50 heavy (non-hydrogen) atoms. The summed E-state index contributed by atoms with van der Waals surface area (Å²) in [4.78, 5) is 34.0. The molecular weight excluding hydrogens is 673 g/mol. The normalized spacial score (nSPS) is 13.2. The standard InChI is InChI=1S/C38H37F3O8S/c1-3-12-30-32(18-17-28(24(2)42)35(30)44)48-20-10-8-6-4-5-7-9-19-37(47,25-13-11-14-26(21-25)38(39,40)41)50-27-15-16-29-31(43)23-34(36(45)46)49-33(29)22-27/h4-5,7,9,11,13-18,21-23,44,47H,3,6,8,10,12,19-20H2,1-2H3,(H,45,46)/t37-/m1/s1. The van der Waals surface area contributed by atoms with E-state index in [-0.39, 0.29) is 40.0 Å². The van der Waals surface area contributed by atoms with Crippen LogP contribution in [0.25, 0.3) is 11.0 Å². The average molecular weight is 711 g/mol. The zero-order valence-corrected chi connectivity index (χ0v) is 28.3. The first kappa shape index (κ1) is 38.0. The van der Waals surface area contributed by atoms with E-state index in [2.05, 4.69) is 0 Å². The number of phenolic OH excluding ortho intramolecular Hbond substituents is 1. The first-order valence-electron chi connectivity index (χ1n) is 15.9. The zero-order chi connectivity index (χ0) is 36.5. The van der Waals surface area contributed by atoms with Crippen molar-refractivity contribution in [2.45, 2.75) is 68.4 Å². The lowest BCUT2D eigenvalue weighted by Crippen LogP contribution is -2.21. The number of thioether (sulfide) groups is 1. The number of hydrogen-bond donors (Lipinski definition) is 3. The second-order valence-electron chi connectivity index (χ2n) is 11.6. The number of fused-ring (bicyclic) bond motifs is 1. The fourth-order valence-corrected chi connectivity index (χ4v) is 6.33. The summed E-state index contributed by atoms with van der Waals surface area (Å²) < 4.78 is 51.9. The summed E-state index contributed by atoms with van der Waals surface area (Å²) >= 11 is 0.838. The van der Waals surface area contributed by atoms with Gasteiger partial charge in [0, 0.05) is 22.9 Å². The summed E-state index contributed by atoms with van der Waals surface area (Å²) in [5.74, 6) is -1.71. The molecule has 0 amide bonds. The van der Waals surface area contributed by atoms with Crippen LogP contribution in [-0.2, 0) is 17.5 Å². The number of hydrogen-bond acceptors (Lipinski definition) is 8. The lowest BCUT2D eigenvalue weighted by atomic mass is 10.0. The van der Waals surface area contributed by atoms with Crippen LogP contribution in [0.15, 0.2) is 99.1 Å². The van der Waals surface area contributed by atoms with E-state index >= 15 is 0 Å². The molecule has 8 nitrogen and oxygen atoms in total. The molecule has 0 aliphatic heterocycles. The topological polar surface area (TPSA) is 134 Å². The molecule has 0 saturated heterocycles. The molecule has 3 aromatic carbocycles. The summed E-state index contributed by atoms with van der Waals surface area (Å²) in [5, 5.41) is 31.7. The molecule has 4 rings (SSSR count). The van der Waals surface area contributed by atoms with Gasteiger partial charge in [-0.2, -0.15) is 13.2 Å². The van der Waals surface area contributed by atoms with Gasteiger partial charge in [-0.25, -0.2) is 4.79 Å². The molecule has 3 N–H and O–H groups in total. The highest BCUT2D eigenvalue weighted by atomic mass is 32.2. The van der Waals surface area contributed by atoms with Gasteiger partial charge in [0.1, 0.15) is 22.0 Å². The van der Waals surface area contributed by atoms with Gasteiger partial charge in [-0.3, -0.25) is 9.59 Å². The van der Waals surface area contributed by atoms with Crippen molar-refractivity contribution in [3.05, 3.63) is 123 Å². The maximum Gasteiger partial charge on any atom is 0.416 e. The monoisotopic (exact) mass is 710 g/mol. The summed E-state index contributed by atoms with van der Waals surface area (Å²) in [6.07, 6.45) is 5.84. The van der Waals surface area contributed by atoms with Crippen LogP contribution in [0.1, 0.15) is 83.6 Å². The number of ether oxygens (including phenoxy) is 1. The number of unbranched alkanes of at least 4 members (excludes halogenated alkanes) is 2. The van der Waals surface area contributed by atoms with Crippen molar-refractivity contribution in [3.8, 4) is 11.5 Å². The van der Waals surface area contributed by atoms with Gasteiger partial charge in [0.25, 0.3) is 0 Å². The third-order valence-electron chi connectivity index (χ3n) is 7.76. The van der Waals surface area contributed by atoms with Crippen molar-refractivity contribution in [1.29, 1.82) is 0 Å². The molecule has 0 fully saturated rings. The smallest absolute Gasteiger partial charge is 0.416 e. The van der Waals surface area contributed by atoms with Gasteiger partial charge in [0.2, 0.25) is 5.76 Å². The van der Waals surface area contributed by atoms with Crippen molar-refractivity contribution >= 4 is 34.5 Å². The Kier molecular flexibility index (Phi) is 12.7. The number of carbonyl (C=O) groups excluding carboxylic acids is 1. The quantitative estimate of drug-likeness (QED) is 0.0342. The van der Waals surface area contributed by atoms with Gasteiger partial charge < -0.3 is 24.5 Å². The van der Waals surface area contributed by atoms with E-state index in [1.165, 1.54) is 37.3 Å². The van der Waals surface area contributed by atoms with E-state index in [1.54, 1.807) is 30.4 Å². The van der Waals surface area contributed by atoms with Crippen LogP contribution in [-0.4, -0.2) is 33.7 Å². The van der Waals surface area contributed by atoms with Crippen LogP contribution in [0, 0.1) is 0 Å². The van der Waals surface area contributed by atoms with Gasteiger partial charge in [0.05, 0.1) is 23.1 Å². The predicted molar refractivity (Wildman–Crippen MR) is 185 cm³/mol. The van der Waals surface area contributed by atoms with E-state index in [0.717, 1.165) is 49.2 Å². The van der Waals surface area contributed by atoms with Crippen molar-refractivity contribution in [2.75, 3.05) is 6.61 Å². The summed E-state index contributed by atoms with van der Waals surface area (Å²) in [5.41, 5.74) is -0.654. The second kappa shape index (κ2) is 16.7. The lowest BCUT2D eigenvalue weighted by Gasteiger charge is -2.28. The minimum absolute atomic E-state index is 0.00172. The van der Waals surface area contributed by atoms with Gasteiger partial charge in [-0.15, -0.1) is 0 Å². The number of aromatic carboxylic acids is 1. The number of carboxylic acids is 1. The van der Waals surface area contributed by atoms with E-state index in [4.69, 9.17) is 9.15 Å². The maximum atomic E-state index is 13.6. The number of carbonyl (C=O) groups is 2. The van der Waals surface area contributed by atoms with Gasteiger partial charge in [-0.1, -0.05) is 61.5 Å². The minimum Gasteiger partial charge on any atom is -0.507 e. The van der Waals surface area contributed by atoms with Crippen molar-refractivity contribution in [3.63, 3.8) is 0 Å². The number of benzene rings is 3. The van der Waals surface area contributed by atoms with E-state index in [9.17, 15) is 42.9 Å². The predicted octanol–water partition coefficient (Wildman–Crippen LogP) is 9.06. The molecule has 1 heterocycles.